The SMILES string of the molecule is N#CCc1ccc(C(c2ccccc2)C23CC4CC(CC(C4)C2)C3)cc1. The standard InChI is InChI=1S/C25H27N/c26-11-10-18-6-8-23(9-7-18)24(22-4-2-1-3-5-22)25-15-19-12-20(16-25)14-21(13-19)17-25/h1-9,19-21,24H,10,12-17H2. The fourth-order valence-electron chi connectivity index (χ4n) is 7.00. The summed E-state index contributed by atoms with van der Waals surface area (Å²) < 4.78 is 0. The van der Waals surface area contributed by atoms with Gasteiger partial charge in [-0.2, -0.15) is 5.26 Å². The van der Waals surface area contributed by atoms with Gasteiger partial charge in [0.05, 0.1) is 12.5 Å². The molecule has 4 fully saturated rings. The Morgan fingerprint density at radius 2 is 1.35 bits per heavy atom. The van der Waals surface area contributed by atoms with E-state index in [2.05, 4.69) is 60.7 Å². The first-order valence-electron chi connectivity index (χ1n) is 10.3. The van der Waals surface area contributed by atoms with Crippen LogP contribution in [0.25, 0.3) is 0 Å². The zero-order valence-electron chi connectivity index (χ0n) is 15.4. The minimum absolute atomic E-state index is 0.451. The van der Waals surface area contributed by atoms with E-state index in [0.29, 0.717) is 17.8 Å². The molecule has 0 aromatic heterocycles. The molecule has 1 unspecified atom stereocenters. The average Bonchev–Trinajstić information content (AvgIpc) is 2.63. The Kier molecular flexibility index (Phi) is 3.89. The Bertz CT molecular complexity index is 776. The zero-order chi connectivity index (χ0) is 17.6. The van der Waals surface area contributed by atoms with Crippen molar-refractivity contribution in [1.29, 1.82) is 5.26 Å². The van der Waals surface area contributed by atoms with E-state index in [-0.39, 0.29) is 0 Å². The fraction of sp³-hybridized carbons (Fsp3) is 0.480. The first kappa shape index (κ1) is 16.1. The van der Waals surface area contributed by atoms with Gasteiger partial charge in [-0.15, -0.1) is 0 Å². The first-order chi connectivity index (χ1) is 12.8. The normalized spacial score (nSPS) is 33.0. The summed E-state index contributed by atoms with van der Waals surface area (Å²) >= 11 is 0. The quantitative estimate of drug-likeness (QED) is 0.659. The van der Waals surface area contributed by atoms with Crippen molar-refractivity contribution in [3.8, 4) is 6.07 Å². The molecule has 0 N–H and O–H groups in total. The molecule has 0 amide bonds. The summed E-state index contributed by atoms with van der Waals surface area (Å²) in [7, 11) is 0. The van der Waals surface area contributed by atoms with Crippen LogP contribution in [0.2, 0.25) is 0 Å². The molecule has 0 radical (unpaired) electrons. The molecule has 0 aliphatic heterocycles. The molecule has 1 atom stereocenters. The number of nitrogens with zero attached hydrogens (tertiary/aromatic N) is 1. The summed E-state index contributed by atoms with van der Waals surface area (Å²) in [5, 5.41) is 8.98. The van der Waals surface area contributed by atoms with Gasteiger partial charge >= 0.3 is 0 Å². The zero-order valence-corrected chi connectivity index (χ0v) is 15.4. The van der Waals surface area contributed by atoms with Crippen molar-refractivity contribution in [2.75, 3.05) is 0 Å². The van der Waals surface area contributed by atoms with Gasteiger partial charge in [-0.3, -0.25) is 0 Å². The molecule has 0 saturated heterocycles. The Morgan fingerprint density at radius 3 is 1.88 bits per heavy atom. The van der Waals surface area contributed by atoms with E-state index in [4.69, 9.17) is 5.26 Å². The monoisotopic (exact) mass is 341 g/mol. The van der Waals surface area contributed by atoms with Crippen LogP contribution in [-0.4, -0.2) is 0 Å². The third-order valence-corrected chi connectivity index (χ3v) is 7.43. The molecule has 0 spiro atoms. The fourth-order valence-corrected chi connectivity index (χ4v) is 7.00. The van der Waals surface area contributed by atoms with Crippen LogP contribution in [0.1, 0.15) is 61.1 Å². The highest BCUT2D eigenvalue weighted by atomic mass is 14.6. The summed E-state index contributed by atoms with van der Waals surface area (Å²) in [6.07, 6.45) is 9.22. The molecule has 1 nitrogen and oxygen atoms in total. The van der Waals surface area contributed by atoms with Crippen LogP contribution in [-0.2, 0) is 6.42 Å². The van der Waals surface area contributed by atoms with Crippen molar-refractivity contribution in [2.24, 2.45) is 23.2 Å². The van der Waals surface area contributed by atoms with Gasteiger partial charge in [0.25, 0.3) is 0 Å². The summed E-state index contributed by atoms with van der Waals surface area (Å²) in [6, 6.07) is 22.5. The summed E-state index contributed by atoms with van der Waals surface area (Å²) in [6.45, 7) is 0. The number of nitriles is 1. The Balaban J connectivity index is 1.58. The molecule has 132 valence electrons. The Hall–Kier alpha value is -2.07. The lowest BCUT2D eigenvalue weighted by molar-refractivity contribution is -0.0618. The minimum Gasteiger partial charge on any atom is -0.198 e. The molecule has 1 heteroatoms. The summed E-state index contributed by atoms with van der Waals surface area (Å²) in [4.78, 5) is 0. The average molecular weight is 341 g/mol. The lowest BCUT2D eigenvalue weighted by Crippen LogP contribution is -2.49. The van der Waals surface area contributed by atoms with E-state index in [1.54, 1.807) is 0 Å². The van der Waals surface area contributed by atoms with Gasteiger partial charge < -0.3 is 0 Å². The molecule has 0 heterocycles. The van der Waals surface area contributed by atoms with Gasteiger partial charge in [0.2, 0.25) is 0 Å². The molecule has 4 saturated carbocycles. The lowest BCUT2D eigenvalue weighted by atomic mass is 9.45. The molecule has 26 heavy (non-hydrogen) atoms. The number of benzene rings is 2. The predicted molar refractivity (Wildman–Crippen MR) is 105 cm³/mol. The Labute approximate surface area is 157 Å². The first-order valence-corrected chi connectivity index (χ1v) is 10.3. The maximum Gasteiger partial charge on any atom is 0.0669 e. The van der Waals surface area contributed by atoms with Crippen LogP contribution in [0.3, 0.4) is 0 Å². The lowest BCUT2D eigenvalue weighted by Gasteiger charge is -2.59. The molecule has 4 aliphatic carbocycles. The second kappa shape index (κ2) is 6.27. The van der Waals surface area contributed by atoms with Gasteiger partial charge in [-0.25, -0.2) is 0 Å². The van der Waals surface area contributed by atoms with Crippen molar-refractivity contribution < 1.29 is 0 Å². The number of hydrogen-bond acceptors (Lipinski definition) is 1. The highest BCUT2D eigenvalue weighted by molar-refractivity contribution is 5.38. The van der Waals surface area contributed by atoms with Crippen molar-refractivity contribution in [3.05, 3.63) is 71.3 Å². The van der Waals surface area contributed by atoms with Crippen LogP contribution in [0.5, 0.6) is 0 Å². The molecular formula is C25H27N. The number of rotatable bonds is 4. The van der Waals surface area contributed by atoms with Gasteiger partial charge in [0.1, 0.15) is 0 Å². The van der Waals surface area contributed by atoms with Crippen molar-refractivity contribution >= 4 is 0 Å². The van der Waals surface area contributed by atoms with Crippen LogP contribution in [0.4, 0.5) is 0 Å². The van der Waals surface area contributed by atoms with Gasteiger partial charge in [0, 0.05) is 5.92 Å². The molecular weight excluding hydrogens is 314 g/mol. The van der Waals surface area contributed by atoms with E-state index >= 15 is 0 Å². The number of hydrogen-bond donors (Lipinski definition) is 0. The van der Waals surface area contributed by atoms with Crippen LogP contribution < -0.4 is 0 Å². The van der Waals surface area contributed by atoms with E-state index in [9.17, 15) is 0 Å². The molecule has 2 aromatic rings. The van der Waals surface area contributed by atoms with Crippen molar-refractivity contribution in [3.63, 3.8) is 0 Å². The maximum atomic E-state index is 8.98. The maximum absolute atomic E-state index is 8.98. The minimum atomic E-state index is 0.451. The van der Waals surface area contributed by atoms with E-state index in [1.165, 1.54) is 49.7 Å². The summed E-state index contributed by atoms with van der Waals surface area (Å²) in [5.41, 5.74) is 4.53. The Morgan fingerprint density at radius 1 is 0.808 bits per heavy atom. The van der Waals surface area contributed by atoms with E-state index in [1.807, 2.05) is 0 Å². The van der Waals surface area contributed by atoms with Gasteiger partial charge in [-0.1, -0.05) is 54.6 Å². The van der Waals surface area contributed by atoms with E-state index in [0.717, 1.165) is 23.3 Å². The van der Waals surface area contributed by atoms with Crippen molar-refractivity contribution in [1.82, 2.24) is 0 Å². The smallest absolute Gasteiger partial charge is 0.0669 e. The van der Waals surface area contributed by atoms with Gasteiger partial charge in [0.15, 0.2) is 0 Å². The highest BCUT2D eigenvalue weighted by Crippen LogP contribution is 2.65. The van der Waals surface area contributed by atoms with Crippen LogP contribution >= 0.6 is 0 Å². The van der Waals surface area contributed by atoms with Crippen molar-refractivity contribution in [2.45, 2.75) is 50.9 Å². The van der Waals surface area contributed by atoms with E-state index < -0.39 is 0 Å². The topological polar surface area (TPSA) is 23.8 Å². The third-order valence-electron chi connectivity index (χ3n) is 7.43. The highest BCUT2D eigenvalue weighted by Gasteiger charge is 2.54. The third kappa shape index (κ3) is 2.67. The summed E-state index contributed by atoms with van der Waals surface area (Å²) in [5.74, 6) is 3.40. The molecule has 4 bridgehead atoms. The predicted octanol–water partition coefficient (Wildman–Crippen LogP) is 6.10. The molecule has 2 aromatic carbocycles. The second-order valence-corrected chi connectivity index (χ2v) is 9.20. The second-order valence-electron chi connectivity index (χ2n) is 9.20. The molecule has 4 aliphatic rings. The van der Waals surface area contributed by atoms with Gasteiger partial charge in [-0.05, 0) is 78.4 Å². The largest absolute Gasteiger partial charge is 0.198 e. The van der Waals surface area contributed by atoms with Crippen LogP contribution in [0.15, 0.2) is 54.6 Å². The molecule has 6 rings (SSSR count). The van der Waals surface area contributed by atoms with Crippen LogP contribution in [0, 0.1) is 34.5 Å².